The Morgan fingerprint density at radius 3 is 3.23 bits per heavy atom. The van der Waals surface area contributed by atoms with Crippen molar-refractivity contribution in [2.45, 2.75) is 25.0 Å². The summed E-state index contributed by atoms with van der Waals surface area (Å²) in [5.74, 6) is 2.30. The van der Waals surface area contributed by atoms with Gasteiger partial charge in [0, 0.05) is 18.1 Å². The maximum Gasteiger partial charge on any atom is 0.202 e. The van der Waals surface area contributed by atoms with E-state index >= 15 is 0 Å². The minimum atomic E-state index is 0.559. The molecule has 0 bridgehead atoms. The van der Waals surface area contributed by atoms with Crippen molar-refractivity contribution in [1.29, 1.82) is 0 Å². The monoisotopic (exact) mass is 215 g/mol. The molecule has 1 fully saturated rings. The van der Waals surface area contributed by atoms with Crippen LogP contribution in [0.2, 0.25) is 0 Å². The SMILES string of the molecule is CCNc1nc(C2CCCS2)ns1. The molecule has 0 aliphatic carbocycles. The molecule has 0 radical (unpaired) electrons. The van der Waals surface area contributed by atoms with E-state index in [1.165, 1.54) is 30.1 Å². The van der Waals surface area contributed by atoms with Crippen LogP contribution in [0.5, 0.6) is 0 Å². The summed E-state index contributed by atoms with van der Waals surface area (Å²) in [5, 5.41) is 4.71. The van der Waals surface area contributed by atoms with Crippen LogP contribution in [-0.4, -0.2) is 21.7 Å². The molecule has 0 amide bonds. The Bertz CT molecular complexity index is 268. The van der Waals surface area contributed by atoms with Gasteiger partial charge in [0.2, 0.25) is 5.13 Å². The van der Waals surface area contributed by atoms with Gasteiger partial charge in [0.15, 0.2) is 5.82 Å². The number of hydrogen-bond acceptors (Lipinski definition) is 5. The van der Waals surface area contributed by atoms with Crippen LogP contribution in [0.25, 0.3) is 0 Å². The van der Waals surface area contributed by atoms with Crippen LogP contribution in [0, 0.1) is 0 Å². The van der Waals surface area contributed by atoms with E-state index in [-0.39, 0.29) is 0 Å². The maximum atomic E-state index is 4.46. The van der Waals surface area contributed by atoms with Gasteiger partial charge in [0.05, 0.1) is 5.25 Å². The van der Waals surface area contributed by atoms with E-state index in [9.17, 15) is 0 Å². The Hall–Kier alpha value is -0.290. The van der Waals surface area contributed by atoms with Crippen molar-refractivity contribution < 1.29 is 0 Å². The first-order chi connectivity index (χ1) is 6.40. The van der Waals surface area contributed by atoms with Crippen molar-refractivity contribution >= 4 is 28.4 Å². The fraction of sp³-hybridized carbons (Fsp3) is 0.750. The number of nitrogens with one attached hydrogen (secondary N) is 1. The summed E-state index contributed by atoms with van der Waals surface area (Å²) in [6, 6.07) is 0. The Morgan fingerprint density at radius 1 is 1.62 bits per heavy atom. The molecule has 0 spiro atoms. The summed E-state index contributed by atoms with van der Waals surface area (Å²) in [7, 11) is 0. The molecule has 1 aromatic heterocycles. The minimum Gasteiger partial charge on any atom is -0.361 e. The second-order valence-corrected chi connectivity index (χ2v) is 5.05. The molecular weight excluding hydrogens is 202 g/mol. The van der Waals surface area contributed by atoms with Crippen LogP contribution < -0.4 is 5.32 Å². The lowest BCUT2D eigenvalue weighted by Gasteiger charge is -2.00. The van der Waals surface area contributed by atoms with Crippen LogP contribution >= 0.6 is 23.3 Å². The molecule has 1 aliphatic rings. The molecule has 5 heteroatoms. The van der Waals surface area contributed by atoms with Crippen molar-refractivity contribution in [1.82, 2.24) is 9.36 Å². The smallest absolute Gasteiger partial charge is 0.202 e. The molecule has 1 unspecified atom stereocenters. The molecule has 1 atom stereocenters. The highest BCUT2D eigenvalue weighted by Crippen LogP contribution is 2.39. The van der Waals surface area contributed by atoms with Crippen molar-refractivity contribution in [3.8, 4) is 0 Å². The highest BCUT2D eigenvalue weighted by molar-refractivity contribution is 7.99. The van der Waals surface area contributed by atoms with Gasteiger partial charge in [-0.2, -0.15) is 16.1 Å². The highest BCUT2D eigenvalue weighted by Gasteiger charge is 2.21. The average Bonchev–Trinajstić information content (AvgIpc) is 2.70. The summed E-state index contributed by atoms with van der Waals surface area (Å²) in [6.45, 7) is 3.00. The molecular formula is C8H13N3S2. The molecule has 2 rings (SSSR count). The molecule has 1 N–H and O–H groups in total. The van der Waals surface area contributed by atoms with Gasteiger partial charge in [-0.05, 0) is 25.5 Å². The first-order valence-electron chi connectivity index (χ1n) is 4.59. The van der Waals surface area contributed by atoms with Crippen molar-refractivity contribution in [2.24, 2.45) is 0 Å². The third kappa shape index (κ3) is 2.14. The summed E-state index contributed by atoms with van der Waals surface area (Å²) < 4.78 is 4.36. The second kappa shape index (κ2) is 4.28. The van der Waals surface area contributed by atoms with Crippen LogP contribution in [0.1, 0.15) is 30.8 Å². The van der Waals surface area contributed by atoms with Gasteiger partial charge in [-0.15, -0.1) is 0 Å². The number of rotatable bonds is 3. The van der Waals surface area contributed by atoms with E-state index in [4.69, 9.17) is 0 Å². The zero-order valence-corrected chi connectivity index (χ0v) is 9.25. The van der Waals surface area contributed by atoms with Gasteiger partial charge in [0.1, 0.15) is 0 Å². The third-order valence-corrected chi connectivity index (χ3v) is 4.05. The highest BCUT2D eigenvalue weighted by atomic mass is 32.2. The number of thioether (sulfide) groups is 1. The van der Waals surface area contributed by atoms with E-state index in [0.29, 0.717) is 5.25 Å². The third-order valence-electron chi connectivity index (χ3n) is 1.99. The van der Waals surface area contributed by atoms with E-state index in [2.05, 4.69) is 21.6 Å². The van der Waals surface area contributed by atoms with Gasteiger partial charge in [-0.1, -0.05) is 0 Å². The standard InChI is InChI=1S/C8H13N3S2/c1-2-9-8-10-7(11-13-8)6-4-3-5-12-6/h6H,2-5H2,1H3,(H,9,10,11). The zero-order chi connectivity index (χ0) is 9.10. The molecule has 1 aromatic rings. The Morgan fingerprint density at radius 2 is 2.54 bits per heavy atom. The first-order valence-corrected chi connectivity index (χ1v) is 6.41. The number of anilines is 1. The average molecular weight is 215 g/mol. The van der Waals surface area contributed by atoms with Gasteiger partial charge < -0.3 is 5.32 Å². The fourth-order valence-electron chi connectivity index (χ4n) is 1.37. The minimum absolute atomic E-state index is 0.559. The van der Waals surface area contributed by atoms with Gasteiger partial charge >= 0.3 is 0 Å². The molecule has 72 valence electrons. The Kier molecular flexibility index (Phi) is 3.05. The van der Waals surface area contributed by atoms with Crippen LogP contribution in [0.15, 0.2) is 0 Å². The Labute approximate surface area is 86.5 Å². The maximum absolute atomic E-state index is 4.46. The van der Waals surface area contributed by atoms with Crippen LogP contribution in [-0.2, 0) is 0 Å². The molecule has 3 nitrogen and oxygen atoms in total. The molecule has 1 aliphatic heterocycles. The largest absolute Gasteiger partial charge is 0.361 e. The first kappa shape index (κ1) is 9.27. The van der Waals surface area contributed by atoms with E-state index in [1.807, 2.05) is 11.8 Å². The summed E-state index contributed by atoms with van der Waals surface area (Å²) in [6.07, 6.45) is 2.55. The molecule has 0 saturated carbocycles. The van der Waals surface area contributed by atoms with Crippen LogP contribution in [0.4, 0.5) is 5.13 Å². The van der Waals surface area contributed by atoms with E-state index in [1.54, 1.807) is 0 Å². The van der Waals surface area contributed by atoms with Gasteiger partial charge in [-0.3, -0.25) is 0 Å². The van der Waals surface area contributed by atoms with E-state index < -0.39 is 0 Å². The zero-order valence-electron chi connectivity index (χ0n) is 7.62. The summed E-state index contributed by atoms with van der Waals surface area (Å²) >= 11 is 3.46. The second-order valence-electron chi connectivity index (χ2n) is 2.99. The van der Waals surface area contributed by atoms with Gasteiger partial charge in [0.25, 0.3) is 0 Å². The lowest BCUT2D eigenvalue weighted by molar-refractivity contribution is 0.793. The van der Waals surface area contributed by atoms with Gasteiger partial charge in [-0.25, -0.2) is 4.98 Å². The summed E-state index contributed by atoms with van der Waals surface area (Å²) in [5.41, 5.74) is 0. The molecule has 1 saturated heterocycles. The van der Waals surface area contributed by atoms with Crippen molar-refractivity contribution in [3.63, 3.8) is 0 Å². The molecule has 13 heavy (non-hydrogen) atoms. The van der Waals surface area contributed by atoms with E-state index in [0.717, 1.165) is 17.5 Å². The topological polar surface area (TPSA) is 37.8 Å². The normalized spacial score (nSPS) is 22.1. The number of nitrogens with zero attached hydrogens (tertiary/aromatic N) is 2. The lowest BCUT2D eigenvalue weighted by Crippen LogP contribution is -1.96. The predicted octanol–water partition coefficient (Wildman–Crippen LogP) is 2.54. The van der Waals surface area contributed by atoms with Crippen molar-refractivity contribution in [2.75, 3.05) is 17.6 Å². The predicted molar refractivity (Wildman–Crippen MR) is 58.5 cm³/mol. The lowest BCUT2D eigenvalue weighted by atomic mass is 10.2. The number of hydrogen-bond donors (Lipinski definition) is 1. The quantitative estimate of drug-likeness (QED) is 0.841. The molecule has 2 heterocycles. The Balaban J connectivity index is 2.03. The summed E-state index contributed by atoms with van der Waals surface area (Å²) in [4.78, 5) is 4.46. The van der Waals surface area contributed by atoms with Crippen LogP contribution in [0.3, 0.4) is 0 Å². The molecule has 0 aromatic carbocycles. The number of aromatic nitrogens is 2. The van der Waals surface area contributed by atoms with Crippen molar-refractivity contribution in [3.05, 3.63) is 5.82 Å². The fourth-order valence-corrected chi connectivity index (χ4v) is 3.33.